The zero-order chi connectivity index (χ0) is 68.1. The molecule has 0 unspecified atom stereocenters. The molecule has 2 aliphatic rings. The molecule has 4 heterocycles. The van der Waals surface area contributed by atoms with Gasteiger partial charge in [-0.25, -0.2) is 0 Å². The van der Waals surface area contributed by atoms with Crippen LogP contribution in [0.2, 0.25) is 0 Å². The van der Waals surface area contributed by atoms with Crippen LogP contribution in [0.5, 0.6) is 0 Å². The van der Waals surface area contributed by atoms with Crippen LogP contribution in [0.3, 0.4) is 0 Å². The van der Waals surface area contributed by atoms with Gasteiger partial charge in [-0.3, -0.25) is 0 Å². The Morgan fingerprint density at radius 2 is 0.737 bits per heavy atom. The predicted octanol–water partition coefficient (Wildman–Crippen LogP) is 23.1. The fourth-order valence-corrected chi connectivity index (χ4v) is 16.7. The molecule has 482 valence electrons. The summed E-state index contributed by atoms with van der Waals surface area (Å²) in [6, 6.07) is 113. The molecule has 17 rings (SSSR count). The lowest BCUT2D eigenvalue weighted by molar-refractivity contribution is 0.569. The van der Waals surface area contributed by atoms with Crippen LogP contribution in [0.1, 0.15) is 128 Å². The molecule has 0 spiro atoms. The number of para-hydroxylation sites is 3. The summed E-state index contributed by atoms with van der Waals surface area (Å²) in [6.07, 6.45) is 0. The monoisotopic (exact) mass is 1280 g/mol. The van der Waals surface area contributed by atoms with Crippen LogP contribution < -0.4 is 21.3 Å². The van der Waals surface area contributed by atoms with E-state index in [4.69, 9.17) is 0 Å². The maximum atomic E-state index is 2.71. The van der Waals surface area contributed by atoms with Crippen molar-refractivity contribution in [2.75, 3.05) is 4.90 Å². The van der Waals surface area contributed by atoms with Gasteiger partial charge in [-0.2, -0.15) is 0 Å². The summed E-state index contributed by atoms with van der Waals surface area (Å²) >= 11 is 0. The minimum Gasteiger partial charge on any atom is -0.310 e. The van der Waals surface area contributed by atoms with Crippen molar-refractivity contribution in [3.05, 3.63) is 336 Å². The van der Waals surface area contributed by atoms with E-state index >= 15 is 0 Å². The van der Waals surface area contributed by atoms with E-state index in [0.29, 0.717) is 0 Å². The SMILES string of the molecule is CC(C)(C)c1cc(-c2ccc3c(c2)B2c4ccc(-n5c6ccc(C(C)(C)C)cc6c6cc(C(C)(C)C)ccc65)cc4C(c4ccccc4)(c4ccccc4)c4cc(-n5c6ccccc6c6ccccc65)cc(c42)N3c2c(-c3ccccc3)cccc2-c2ccccc2)cc(C(C)(C)C)c1. The van der Waals surface area contributed by atoms with E-state index in [9.17, 15) is 0 Å². The average Bonchev–Trinajstić information content (AvgIpc) is 1.49. The fourth-order valence-electron chi connectivity index (χ4n) is 16.7. The zero-order valence-corrected chi connectivity index (χ0v) is 59.1. The van der Waals surface area contributed by atoms with Crippen LogP contribution >= 0.6 is 0 Å². The van der Waals surface area contributed by atoms with Gasteiger partial charge >= 0.3 is 0 Å². The van der Waals surface area contributed by atoms with Crippen molar-refractivity contribution in [1.82, 2.24) is 9.13 Å². The first kappa shape index (κ1) is 61.9. The Kier molecular flexibility index (Phi) is 14.2. The van der Waals surface area contributed by atoms with Crippen molar-refractivity contribution in [3.8, 4) is 44.8 Å². The molecule has 4 heteroatoms. The minimum absolute atomic E-state index is 0.0475. The van der Waals surface area contributed by atoms with Gasteiger partial charge < -0.3 is 14.0 Å². The van der Waals surface area contributed by atoms with Crippen LogP contribution in [-0.2, 0) is 27.1 Å². The van der Waals surface area contributed by atoms with Crippen LogP contribution in [-0.4, -0.2) is 15.8 Å². The van der Waals surface area contributed by atoms with Crippen LogP contribution in [0, 0.1) is 0 Å². The van der Waals surface area contributed by atoms with Crippen molar-refractivity contribution >= 4 is 83.8 Å². The van der Waals surface area contributed by atoms with E-state index in [-0.39, 0.29) is 28.4 Å². The second kappa shape index (κ2) is 22.7. The summed E-state index contributed by atoms with van der Waals surface area (Å²) < 4.78 is 5.14. The molecule has 2 aliphatic heterocycles. The van der Waals surface area contributed by atoms with E-state index in [1.54, 1.807) is 0 Å². The molecule has 2 aromatic heterocycles. The summed E-state index contributed by atoms with van der Waals surface area (Å²) in [5, 5.41) is 4.99. The second-order valence-electron chi connectivity index (χ2n) is 32.1. The van der Waals surface area contributed by atoms with Gasteiger partial charge in [-0.05, 0) is 166 Å². The Morgan fingerprint density at radius 1 is 0.283 bits per heavy atom. The van der Waals surface area contributed by atoms with Gasteiger partial charge in [0.15, 0.2) is 0 Å². The molecule has 3 nitrogen and oxygen atoms in total. The summed E-state index contributed by atoms with van der Waals surface area (Å²) in [4.78, 5) is 2.71. The number of rotatable bonds is 8. The number of hydrogen-bond acceptors (Lipinski definition) is 1. The Labute approximate surface area is 584 Å². The number of fused-ring (bicyclic) bond motifs is 10. The number of anilines is 3. The zero-order valence-electron chi connectivity index (χ0n) is 59.1. The summed E-state index contributed by atoms with van der Waals surface area (Å²) in [5.41, 5.74) is 30.3. The topological polar surface area (TPSA) is 13.1 Å². The number of benzene rings is 13. The first-order chi connectivity index (χ1) is 47.6. The normalized spacial score (nSPS) is 13.7. The molecular weight excluding hydrogens is 1190 g/mol. The van der Waals surface area contributed by atoms with Gasteiger partial charge in [-0.1, -0.05) is 313 Å². The maximum absolute atomic E-state index is 2.71. The number of aromatic nitrogens is 2. The van der Waals surface area contributed by atoms with E-state index in [1.165, 1.54) is 105 Å². The smallest absolute Gasteiger partial charge is 0.247 e. The van der Waals surface area contributed by atoms with Gasteiger partial charge in [0.05, 0.1) is 33.2 Å². The molecule has 0 saturated heterocycles. The Hall–Kier alpha value is -10.7. The van der Waals surface area contributed by atoms with Crippen molar-refractivity contribution in [2.45, 2.75) is 110 Å². The fraction of sp³-hybridized carbons (Fsp3) is 0.179. The molecule has 15 aromatic rings. The van der Waals surface area contributed by atoms with Gasteiger partial charge in [0.25, 0.3) is 0 Å². The third-order valence-corrected chi connectivity index (χ3v) is 21.8. The summed E-state index contributed by atoms with van der Waals surface area (Å²) in [7, 11) is 0. The maximum Gasteiger partial charge on any atom is 0.247 e. The molecule has 0 saturated carbocycles. The minimum atomic E-state index is -0.897. The molecular formula is C95H84BN3. The molecule has 0 atom stereocenters. The third-order valence-electron chi connectivity index (χ3n) is 21.8. The first-order valence-corrected chi connectivity index (χ1v) is 35.5. The van der Waals surface area contributed by atoms with Crippen molar-refractivity contribution < 1.29 is 0 Å². The number of hydrogen-bond donors (Lipinski definition) is 0. The van der Waals surface area contributed by atoms with E-state index in [1.807, 2.05) is 0 Å². The van der Waals surface area contributed by atoms with Gasteiger partial charge in [0, 0.05) is 55.4 Å². The summed E-state index contributed by atoms with van der Waals surface area (Å²) in [6.45, 7) is 27.9. The van der Waals surface area contributed by atoms with Crippen molar-refractivity contribution in [3.63, 3.8) is 0 Å². The van der Waals surface area contributed by atoms with Crippen LogP contribution in [0.15, 0.2) is 291 Å². The Balaban J connectivity index is 1.08. The predicted molar refractivity (Wildman–Crippen MR) is 424 cm³/mol. The number of nitrogens with zero attached hydrogens (tertiary/aromatic N) is 3. The third kappa shape index (κ3) is 9.91. The lowest BCUT2D eigenvalue weighted by Gasteiger charge is -2.49. The highest BCUT2D eigenvalue weighted by Crippen LogP contribution is 2.54. The largest absolute Gasteiger partial charge is 0.310 e. The second-order valence-corrected chi connectivity index (χ2v) is 32.1. The highest BCUT2D eigenvalue weighted by molar-refractivity contribution is 6.99. The molecule has 0 aliphatic carbocycles. The van der Waals surface area contributed by atoms with Gasteiger partial charge in [0.1, 0.15) is 0 Å². The quantitative estimate of drug-likeness (QED) is 0.138. The van der Waals surface area contributed by atoms with E-state index < -0.39 is 5.41 Å². The average molecular weight is 1280 g/mol. The molecule has 0 fully saturated rings. The van der Waals surface area contributed by atoms with Crippen molar-refractivity contribution in [2.24, 2.45) is 0 Å². The standard InChI is InChI=1S/C95H84BN3/c1-91(2,3)67-45-50-85-77(56-67)78-57-68(92(4,5)6)46-51-86(78)97(85)71-47-48-81-79(58-71)95(65-34-21-15-22-35-65,66-36-23-16-24-37-66)80-59-72(98-83-42-27-25-38-75(83)76-39-26-28-43-84(76)98)60-88-89(80)96(81)82-54-63(64-52-69(93(7,8)9)55-70(53-64)94(10,11)12)44-49-87(82)99(88)90-73(61-30-17-13-18-31-61)40-29-41-74(90)62-32-19-14-20-33-62/h13-60H,1-12H3. The highest BCUT2D eigenvalue weighted by Gasteiger charge is 2.53. The first-order valence-electron chi connectivity index (χ1n) is 35.5. The molecule has 99 heavy (non-hydrogen) atoms. The van der Waals surface area contributed by atoms with Crippen molar-refractivity contribution in [1.29, 1.82) is 0 Å². The molecule has 0 amide bonds. The van der Waals surface area contributed by atoms with Gasteiger partial charge in [-0.15, -0.1) is 0 Å². The van der Waals surface area contributed by atoms with Crippen LogP contribution in [0.25, 0.3) is 88.4 Å². The summed E-state index contributed by atoms with van der Waals surface area (Å²) in [5.74, 6) is 0. The molecule has 0 bridgehead atoms. The van der Waals surface area contributed by atoms with Gasteiger partial charge in [0.2, 0.25) is 6.71 Å². The lowest BCUT2D eigenvalue weighted by Crippen LogP contribution is -2.65. The van der Waals surface area contributed by atoms with E-state index in [0.717, 1.165) is 61.7 Å². The lowest BCUT2D eigenvalue weighted by atomic mass is 9.29. The Bertz CT molecular complexity index is 5450. The Morgan fingerprint density at radius 3 is 1.24 bits per heavy atom. The molecule has 0 N–H and O–H groups in total. The highest BCUT2D eigenvalue weighted by atomic mass is 15.2. The molecule has 0 radical (unpaired) electrons. The van der Waals surface area contributed by atoms with Crippen LogP contribution in [0.4, 0.5) is 17.1 Å². The van der Waals surface area contributed by atoms with E-state index in [2.05, 4.69) is 388 Å². The molecule has 13 aromatic carbocycles.